The van der Waals surface area contributed by atoms with Crippen molar-refractivity contribution in [3.63, 3.8) is 0 Å². The van der Waals surface area contributed by atoms with E-state index in [0.29, 0.717) is 12.8 Å². The Hall–Kier alpha value is -1.10. The number of aliphatic hydroxyl groups is 1. The topological polar surface area (TPSA) is 72.8 Å². The van der Waals surface area contributed by atoms with Gasteiger partial charge in [0.05, 0.1) is 6.61 Å². The second kappa shape index (κ2) is 30.4. The monoisotopic (exact) mass is 540 g/mol. The zero-order valence-electron chi connectivity index (χ0n) is 25.5. The third kappa shape index (κ3) is 27.9. The van der Waals surface area contributed by atoms with Crippen LogP contribution in [0.15, 0.2) is 0 Å². The van der Waals surface area contributed by atoms with Crippen molar-refractivity contribution in [2.75, 3.05) is 13.2 Å². The van der Waals surface area contributed by atoms with Crippen molar-refractivity contribution in [2.45, 2.75) is 187 Å². The lowest BCUT2D eigenvalue weighted by molar-refractivity contribution is -0.161. The minimum atomic E-state index is -0.758. The molecule has 0 aliphatic heterocycles. The molecule has 1 atom stereocenters. The molecule has 0 bridgehead atoms. The highest BCUT2D eigenvalue weighted by Crippen LogP contribution is 2.14. The van der Waals surface area contributed by atoms with Gasteiger partial charge < -0.3 is 14.6 Å². The van der Waals surface area contributed by atoms with Crippen molar-refractivity contribution in [3.8, 4) is 0 Å². The summed E-state index contributed by atoms with van der Waals surface area (Å²) in [7, 11) is 0. The molecule has 5 nitrogen and oxygen atoms in total. The van der Waals surface area contributed by atoms with Crippen LogP contribution in [0.2, 0.25) is 0 Å². The van der Waals surface area contributed by atoms with Crippen LogP contribution in [-0.2, 0) is 19.1 Å². The van der Waals surface area contributed by atoms with Crippen molar-refractivity contribution in [1.82, 2.24) is 0 Å². The van der Waals surface area contributed by atoms with Crippen molar-refractivity contribution >= 4 is 11.9 Å². The fourth-order valence-electron chi connectivity index (χ4n) is 4.85. The molecule has 0 aromatic rings. The first-order chi connectivity index (χ1) is 18.6. The molecule has 0 spiro atoms. The van der Waals surface area contributed by atoms with Crippen LogP contribution >= 0.6 is 0 Å². The van der Waals surface area contributed by atoms with Crippen molar-refractivity contribution < 1.29 is 24.2 Å². The van der Waals surface area contributed by atoms with Gasteiger partial charge in [-0.3, -0.25) is 9.59 Å². The lowest BCUT2D eigenvalue weighted by Gasteiger charge is -2.15. The van der Waals surface area contributed by atoms with Crippen molar-refractivity contribution in [1.29, 1.82) is 0 Å². The number of ether oxygens (including phenoxy) is 2. The number of carbonyl (C=O) groups is 2. The highest BCUT2D eigenvalue weighted by atomic mass is 16.6. The highest BCUT2D eigenvalue weighted by Gasteiger charge is 2.16. The van der Waals surface area contributed by atoms with Gasteiger partial charge in [0.15, 0.2) is 6.10 Å². The molecule has 0 aliphatic rings. The molecule has 1 unspecified atom stereocenters. The summed E-state index contributed by atoms with van der Waals surface area (Å²) in [6.07, 6.45) is 30.1. The van der Waals surface area contributed by atoms with Crippen molar-refractivity contribution in [3.05, 3.63) is 0 Å². The second-order valence-corrected chi connectivity index (χ2v) is 11.3. The maximum atomic E-state index is 12.1. The molecule has 38 heavy (non-hydrogen) atoms. The number of aliphatic hydroxyl groups excluding tert-OH is 1. The van der Waals surface area contributed by atoms with Crippen LogP contribution in [0.5, 0.6) is 0 Å². The number of esters is 2. The molecule has 0 saturated heterocycles. The van der Waals surface area contributed by atoms with Gasteiger partial charge in [0.1, 0.15) is 6.61 Å². The summed E-state index contributed by atoms with van der Waals surface area (Å²) in [6.45, 7) is 4.12. The van der Waals surface area contributed by atoms with Gasteiger partial charge in [0, 0.05) is 12.8 Å². The van der Waals surface area contributed by atoms with E-state index in [-0.39, 0.29) is 25.2 Å². The molecule has 0 saturated carbocycles. The van der Waals surface area contributed by atoms with Crippen LogP contribution in [0.3, 0.4) is 0 Å². The molecular formula is C33H64O5. The molecule has 0 aromatic heterocycles. The molecule has 0 aliphatic carbocycles. The van der Waals surface area contributed by atoms with Crippen LogP contribution in [0.25, 0.3) is 0 Å². The van der Waals surface area contributed by atoms with Crippen LogP contribution in [0.4, 0.5) is 0 Å². The zero-order valence-corrected chi connectivity index (χ0v) is 25.5. The number of rotatable bonds is 30. The Morgan fingerprint density at radius 1 is 0.500 bits per heavy atom. The summed E-state index contributed by atoms with van der Waals surface area (Å²) in [4.78, 5) is 24.0. The fourth-order valence-corrected chi connectivity index (χ4v) is 4.85. The van der Waals surface area contributed by atoms with Gasteiger partial charge in [-0.25, -0.2) is 0 Å². The zero-order chi connectivity index (χ0) is 27.9. The number of hydrogen-bond donors (Lipinski definition) is 1. The van der Waals surface area contributed by atoms with Crippen LogP contribution in [-0.4, -0.2) is 36.4 Å². The second-order valence-electron chi connectivity index (χ2n) is 11.3. The van der Waals surface area contributed by atoms with Gasteiger partial charge >= 0.3 is 11.9 Å². The molecule has 1 N–H and O–H groups in total. The average molecular weight is 541 g/mol. The molecule has 0 amide bonds. The minimum absolute atomic E-state index is 0.0582. The Morgan fingerprint density at radius 2 is 0.816 bits per heavy atom. The Balaban J connectivity index is 3.53. The number of unbranched alkanes of at least 4 members (excludes halogenated alkanes) is 22. The molecule has 0 heterocycles. The molecule has 226 valence electrons. The van der Waals surface area contributed by atoms with E-state index in [2.05, 4.69) is 13.8 Å². The smallest absolute Gasteiger partial charge is 0.306 e. The summed E-state index contributed by atoms with van der Waals surface area (Å²) in [6, 6.07) is 0. The first kappa shape index (κ1) is 36.9. The van der Waals surface area contributed by atoms with Gasteiger partial charge in [-0.1, -0.05) is 155 Å². The van der Waals surface area contributed by atoms with Crippen LogP contribution in [0.1, 0.15) is 181 Å². The molecule has 0 radical (unpaired) electrons. The van der Waals surface area contributed by atoms with Crippen molar-refractivity contribution in [2.24, 2.45) is 0 Å². The van der Waals surface area contributed by atoms with Gasteiger partial charge in [-0.05, 0) is 12.8 Å². The average Bonchev–Trinajstić information content (AvgIpc) is 2.92. The third-order valence-electron chi connectivity index (χ3n) is 7.40. The Morgan fingerprint density at radius 3 is 1.16 bits per heavy atom. The normalized spacial score (nSPS) is 12.0. The molecule has 5 heteroatoms. The first-order valence-corrected chi connectivity index (χ1v) is 16.6. The quantitative estimate of drug-likeness (QED) is 0.0725. The van der Waals surface area contributed by atoms with E-state index in [0.717, 1.165) is 38.5 Å². The van der Waals surface area contributed by atoms with E-state index in [1.807, 2.05) is 0 Å². The van der Waals surface area contributed by atoms with E-state index < -0.39 is 6.10 Å². The highest BCUT2D eigenvalue weighted by molar-refractivity contribution is 5.70. The molecule has 0 fully saturated rings. The Labute approximate surface area is 236 Å². The predicted octanol–water partition coefficient (Wildman–Crippen LogP) is 9.62. The molecule has 0 aromatic carbocycles. The lowest BCUT2D eigenvalue weighted by Crippen LogP contribution is -2.28. The summed E-state index contributed by atoms with van der Waals surface area (Å²) in [5, 5.41) is 9.47. The van der Waals surface area contributed by atoms with Gasteiger partial charge in [-0.15, -0.1) is 0 Å². The SMILES string of the molecule is CCCCCCCCCCCCCCCCCC(=O)OC(CO)COC(=O)CCCCCCCCCCC. The van der Waals surface area contributed by atoms with Crippen LogP contribution < -0.4 is 0 Å². The Bertz CT molecular complexity index is 508. The third-order valence-corrected chi connectivity index (χ3v) is 7.40. The largest absolute Gasteiger partial charge is 0.462 e. The fraction of sp³-hybridized carbons (Fsp3) is 0.939. The molecule has 0 rings (SSSR count). The van der Waals surface area contributed by atoms with E-state index in [1.165, 1.54) is 116 Å². The lowest BCUT2D eigenvalue weighted by atomic mass is 10.0. The van der Waals surface area contributed by atoms with E-state index in [9.17, 15) is 14.7 Å². The van der Waals surface area contributed by atoms with Gasteiger partial charge in [-0.2, -0.15) is 0 Å². The summed E-state index contributed by atoms with van der Waals surface area (Å²) < 4.78 is 10.5. The molecular weight excluding hydrogens is 476 g/mol. The summed E-state index contributed by atoms with van der Waals surface area (Å²) in [5.74, 6) is -0.585. The maximum absolute atomic E-state index is 12.1. The van der Waals surface area contributed by atoms with E-state index in [4.69, 9.17) is 9.47 Å². The number of hydrogen-bond acceptors (Lipinski definition) is 5. The minimum Gasteiger partial charge on any atom is -0.462 e. The first-order valence-electron chi connectivity index (χ1n) is 16.6. The summed E-state index contributed by atoms with van der Waals surface area (Å²) >= 11 is 0. The van der Waals surface area contributed by atoms with E-state index in [1.54, 1.807) is 0 Å². The maximum Gasteiger partial charge on any atom is 0.306 e. The number of carbonyl (C=O) groups excluding carboxylic acids is 2. The summed E-state index contributed by atoms with van der Waals surface area (Å²) in [5.41, 5.74) is 0. The Kier molecular flexibility index (Phi) is 29.6. The standard InChI is InChI=1S/C33H64O5/c1-3-5-7-9-11-13-14-15-16-17-18-20-22-24-26-28-33(36)38-31(29-34)30-37-32(35)27-25-23-21-19-12-10-8-6-4-2/h31,34H,3-30H2,1-2H3. The van der Waals surface area contributed by atoms with E-state index >= 15 is 0 Å². The van der Waals surface area contributed by atoms with Crippen LogP contribution in [0, 0.1) is 0 Å². The van der Waals surface area contributed by atoms with Gasteiger partial charge in [0.2, 0.25) is 0 Å². The van der Waals surface area contributed by atoms with Gasteiger partial charge in [0.25, 0.3) is 0 Å². The predicted molar refractivity (Wildman–Crippen MR) is 159 cm³/mol.